The van der Waals surface area contributed by atoms with Crippen LogP contribution in [0.2, 0.25) is 0 Å². The predicted molar refractivity (Wildman–Crippen MR) is 87.4 cm³/mol. The molecule has 3 aromatic heterocycles. The van der Waals surface area contributed by atoms with E-state index in [2.05, 4.69) is 5.32 Å². The number of amides is 1. The summed E-state index contributed by atoms with van der Waals surface area (Å²) in [6.07, 6.45) is 3.01. The summed E-state index contributed by atoms with van der Waals surface area (Å²) in [5.41, 5.74) is 0.388. The van der Waals surface area contributed by atoms with Crippen LogP contribution in [0.15, 0.2) is 52.0 Å². The largest absolute Gasteiger partial charge is 0.472 e. The van der Waals surface area contributed by atoms with Gasteiger partial charge in [-0.25, -0.2) is 0 Å². The molecule has 0 unspecified atom stereocenters. The SMILES string of the molecule is Cc1csc(C(=O)NC[C@@](O)(c2ccoc2)c2cccs2)c1. The minimum atomic E-state index is -1.29. The minimum Gasteiger partial charge on any atom is -0.472 e. The Kier molecular flexibility index (Phi) is 4.15. The van der Waals surface area contributed by atoms with Gasteiger partial charge in [-0.15, -0.1) is 22.7 Å². The summed E-state index contributed by atoms with van der Waals surface area (Å²) in [5.74, 6) is -0.184. The highest BCUT2D eigenvalue weighted by Crippen LogP contribution is 2.32. The molecule has 0 spiro atoms. The number of thiophene rings is 2. The van der Waals surface area contributed by atoms with Crippen LogP contribution >= 0.6 is 22.7 Å². The zero-order chi connectivity index (χ0) is 15.6. The van der Waals surface area contributed by atoms with E-state index in [-0.39, 0.29) is 12.5 Å². The third-order valence-electron chi connectivity index (χ3n) is 3.39. The Labute approximate surface area is 136 Å². The first-order valence-electron chi connectivity index (χ1n) is 6.72. The number of hydrogen-bond donors (Lipinski definition) is 2. The number of aliphatic hydroxyl groups is 1. The minimum absolute atomic E-state index is 0.0861. The third-order valence-corrected chi connectivity index (χ3v) is 5.45. The molecule has 3 aromatic rings. The van der Waals surface area contributed by atoms with Crippen molar-refractivity contribution in [2.24, 2.45) is 0 Å². The number of carbonyl (C=O) groups is 1. The van der Waals surface area contributed by atoms with Gasteiger partial charge in [0.2, 0.25) is 0 Å². The van der Waals surface area contributed by atoms with Crippen molar-refractivity contribution in [3.8, 4) is 0 Å². The average Bonchev–Trinajstić information content (AvgIpc) is 3.24. The first-order chi connectivity index (χ1) is 10.6. The molecule has 0 aromatic carbocycles. The molecule has 6 heteroatoms. The second kappa shape index (κ2) is 6.08. The van der Waals surface area contributed by atoms with E-state index < -0.39 is 5.60 Å². The second-order valence-electron chi connectivity index (χ2n) is 5.02. The maximum absolute atomic E-state index is 12.2. The fourth-order valence-corrected chi connectivity index (χ4v) is 3.85. The van der Waals surface area contributed by atoms with Gasteiger partial charge in [0.25, 0.3) is 5.91 Å². The van der Waals surface area contributed by atoms with Gasteiger partial charge >= 0.3 is 0 Å². The molecule has 2 N–H and O–H groups in total. The summed E-state index contributed by atoms with van der Waals surface area (Å²) in [6, 6.07) is 7.26. The van der Waals surface area contributed by atoms with E-state index in [1.165, 1.54) is 35.2 Å². The lowest BCUT2D eigenvalue weighted by Gasteiger charge is -2.26. The van der Waals surface area contributed by atoms with Crippen molar-refractivity contribution in [3.05, 3.63) is 68.4 Å². The molecule has 3 rings (SSSR count). The zero-order valence-electron chi connectivity index (χ0n) is 11.9. The normalized spacial score (nSPS) is 13.7. The topological polar surface area (TPSA) is 62.5 Å². The lowest BCUT2D eigenvalue weighted by atomic mass is 9.94. The summed E-state index contributed by atoms with van der Waals surface area (Å²) in [5, 5.41) is 17.7. The van der Waals surface area contributed by atoms with E-state index in [4.69, 9.17) is 4.42 Å². The van der Waals surface area contributed by atoms with Crippen LogP contribution in [0.5, 0.6) is 0 Å². The number of aryl methyl sites for hydroxylation is 1. The van der Waals surface area contributed by atoms with Crippen molar-refractivity contribution in [3.63, 3.8) is 0 Å². The third kappa shape index (κ3) is 2.85. The van der Waals surface area contributed by atoms with Gasteiger partial charge in [-0.05, 0) is 41.4 Å². The standard InChI is InChI=1S/C16H15NO3S2/c1-11-7-13(22-9-11)15(18)17-10-16(19,12-4-5-20-8-12)14-3-2-6-21-14/h2-9,19H,10H2,1H3,(H,17,18)/t16-/m1/s1. The first kappa shape index (κ1) is 15.0. The molecule has 0 aliphatic heterocycles. The van der Waals surface area contributed by atoms with E-state index in [0.717, 1.165) is 10.4 Å². The van der Waals surface area contributed by atoms with Crippen LogP contribution in [0.1, 0.15) is 25.7 Å². The predicted octanol–water partition coefficient (Wildman–Crippen LogP) is 3.38. The smallest absolute Gasteiger partial charge is 0.261 e. The van der Waals surface area contributed by atoms with Crippen molar-refractivity contribution < 1.29 is 14.3 Å². The maximum Gasteiger partial charge on any atom is 0.261 e. The molecule has 3 heterocycles. The van der Waals surface area contributed by atoms with Crippen LogP contribution in [0.3, 0.4) is 0 Å². The van der Waals surface area contributed by atoms with E-state index in [1.807, 2.05) is 35.9 Å². The van der Waals surface area contributed by atoms with Crippen molar-refractivity contribution in [1.29, 1.82) is 0 Å². The number of rotatable bonds is 5. The molecular formula is C16H15NO3S2. The van der Waals surface area contributed by atoms with Crippen LogP contribution in [-0.2, 0) is 5.60 Å². The molecule has 0 saturated heterocycles. The van der Waals surface area contributed by atoms with Crippen molar-refractivity contribution in [2.45, 2.75) is 12.5 Å². The van der Waals surface area contributed by atoms with Crippen LogP contribution < -0.4 is 5.32 Å². The second-order valence-corrected chi connectivity index (χ2v) is 6.88. The molecule has 0 aliphatic carbocycles. The van der Waals surface area contributed by atoms with Gasteiger partial charge in [-0.3, -0.25) is 4.79 Å². The number of furan rings is 1. The van der Waals surface area contributed by atoms with Crippen molar-refractivity contribution >= 4 is 28.6 Å². The van der Waals surface area contributed by atoms with Gasteiger partial charge in [-0.2, -0.15) is 0 Å². The fraction of sp³-hybridized carbons (Fsp3) is 0.188. The Morgan fingerprint density at radius 2 is 2.27 bits per heavy atom. The Balaban J connectivity index is 1.81. The lowest BCUT2D eigenvalue weighted by Crippen LogP contribution is -2.40. The summed E-state index contributed by atoms with van der Waals surface area (Å²) in [7, 11) is 0. The van der Waals surface area contributed by atoms with E-state index in [9.17, 15) is 9.90 Å². The first-order valence-corrected chi connectivity index (χ1v) is 8.48. The quantitative estimate of drug-likeness (QED) is 0.752. The average molecular weight is 333 g/mol. The fourth-order valence-electron chi connectivity index (χ4n) is 2.19. The molecule has 0 bridgehead atoms. The Morgan fingerprint density at radius 3 is 2.86 bits per heavy atom. The van der Waals surface area contributed by atoms with Gasteiger partial charge in [0, 0.05) is 10.4 Å². The molecule has 114 valence electrons. The van der Waals surface area contributed by atoms with Gasteiger partial charge in [0.15, 0.2) is 0 Å². The van der Waals surface area contributed by atoms with Crippen LogP contribution in [0.25, 0.3) is 0 Å². The highest BCUT2D eigenvalue weighted by molar-refractivity contribution is 7.12. The Hall–Kier alpha value is -1.89. The molecule has 4 nitrogen and oxygen atoms in total. The molecule has 1 amide bonds. The number of hydrogen-bond acceptors (Lipinski definition) is 5. The van der Waals surface area contributed by atoms with Crippen molar-refractivity contribution in [1.82, 2.24) is 5.32 Å². The summed E-state index contributed by atoms with van der Waals surface area (Å²) < 4.78 is 5.09. The molecule has 22 heavy (non-hydrogen) atoms. The highest BCUT2D eigenvalue weighted by Gasteiger charge is 2.34. The monoisotopic (exact) mass is 333 g/mol. The lowest BCUT2D eigenvalue weighted by molar-refractivity contribution is 0.0716. The van der Waals surface area contributed by atoms with Crippen LogP contribution in [-0.4, -0.2) is 17.6 Å². The highest BCUT2D eigenvalue weighted by atomic mass is 32.1. The van der Waals surface area contributed by atoms with Gasteiger partial charge in [-0.1, -0.05) is 6.07 Å². The Bertz CT molecular complexity index is 710. The van der Waals surface area contributed by atoms with Crippen LogP contribution in [0.4, 0.5) is 0 Å². The molecule has 0 radical (unpaired) electrons. The molecular weight excluding hydrogens is 318 g/mol. The molecule has 0 aliphatic rings. The van der Waals surface area contributed by atoms with Crippen molar-refractivity contribution in [2.75, 3.05) is 6.54 Å². The number of carbonyl (C=O) groups excluding carboxylic acids is 1. The van der Waals surface area contributed by atoms with Crippen LogP contribution in [0, 0.1) is 6.92 Å². The molecule has 1 atom stereocenters. The van der Waals surface area contributed by atoms with Gasteiger partial charge in [0.05, 0.1) is 23.9 Å². The van der Waals surface area contributed by atoms with E-state index in [0.29, 0.717) is 10.4 Å². The number of nitrogens with one attached hydrogen (secondary N) is 1. The summed E-state index contributed by atoms with van der Waals surface area (Å²) in [6.45, 7) is 2.03. The van der Waals surface area contributed by atoms with Gasteiger partial charge in [0.1, 0.15) is 5.60 Å². The van der Waals surface area contributed by atoms with Gasteiger partial charge < -0.3 is 14.8 Å². The summed E-state index contributed by atoms with van der Waals surface area (Å²) >= 11 is 2.83. The molecule has 0 fully saturated rings. The van der Waals surface area contributed by atoms with E-state index in [1.54, 1.807) is 6.07 Å². The summed E-state index contributed by atoms with van der Waals surface area (Å²) in [4.78, 5) is 13.6. The maximum atomic E-state index is 12.2. The zero-order valence-corrected chi connectivity index (χ0v) is 13.5. The molecule has 0 saturated carbocycles. The Morgan fingerprint density at radius 1 is 1.41 bits per heavy atom. The van der Waals surface area contributed by atoms with E-state index >= 15 is 0 Å².